The van der Waals surface area contributed by atoms with Crippen molar-refractivity contribution >= 4 is 32.9 Å². The molecule has 42 heavy (non-hydrogen) atoms. The smallest absolute Gasteiger partial charge is 0.407 e. The van der Waals surface area contributed by atoms with Crippen LogP contribution in [0.1, 0.15) is 28.2 Å². The number of carbonyl (C=O) groups excluding carboxylic acids is 2. The van der Waals surface area contributed by atoms with Crippen LogP contribution in [0.2, 0.25) is 0 Å². The average molecular weight is 580 g/mol. The lowest BCUT2D eigenvalue weighted by Crippen LogP contribution is -2.49. The van der Waals surface area contributed by atoms with Crippen LogP contribution in [0, 0.1) is 6.92 Å². The van der Waals surface area contributed by atoms with Crippen molar-refractivity contribution < 1.29 is 22.7 Å². The predicted octanol–water partition coefficient (Wildman–Crippen LogP) is 5.43. The number of hydrogen-bond acceptors (Lipinski definition) is 5. The Morgan fingerprint density at radius 1 is 0.857 bits per heavy atom. The molecule has 1 atom stereocenters. The van der Waals surface area contributed by atoms with E-state index >= 15 is 0 Å². The topological polar surface area (TPSA) is 117 Å². The van der Waals surface area contributed by atoms with E-state index < -0.39 is 28.1 Å². The van der Waals surface area contributed by atoms with E-state index in [0.29, 0.717) is 0 Å². The normalized spacial score (nSPS) is 13.3. The molecule has 5 aromatic rings. The first kappa shape index (κ1) is 27.3. The van der Waals surface area contributed by atoms with Crippen molar-refractivity contribution in [2.24, 2.45) is 0 Å². The number of benzene rings is 4. The van der Waals surface area contributed by atoms with Crippen molar-refractivity contribution in [3.63, 3.8) is 0 Å². The maximum atomic E-state index is 13.4. The minimum absolute atomic E-state index is 0.0451. The average Bonchev–Trinajstić information content (AvgIpc) is 3.54. The van der Waals surface area contributed by atoms with Gasteiger partial charge in [-0.05, 0) is 52.9 Å². The molecule has 212 valence electrons. The van der Waals surface area contributed by atoms with Crippen LogP contribution in [0.25, 0.3) is 22.0 Å². The lowest BCUT2D eigenvalue weighted by molar-refractivity contribution is -0.121. The third kappa shape index (κ3) is 5.38. The minimum atomic E-state index is -4.17. The van der Waals surface area contributed by atoms with Gasteiger partial charge in [0.1, 0.15) is 12.6 Å². The molecule has 0 saturated carbocycles. The number of nitrogens with one attached hydrogen (secondary N) is 3. The molecule has 9 heteroatoms. The van der Waals surface area contributed by atoms with E-state index in [0.717, 1.165) is 44.3 Å². The molecule has 3 N–H and O–H groups in total. The lowest BCUT2D eigenvalue weighted by Gasteiger charge is -2.20. The highest BCUT2D eigenvalue weighted by Crippen LogP contribution is 2.44. The van der Waals surface area contributed by atoms with Crippen molar-refractivity contribution in [1.29, 1.82) is 0 Å². The third-order valence-electron chi connectivity index (χ3n) is 7.62. The van der Waals surface area contributed by atoms with E-state index in [9.17, 15) is 18.0 Å². The summed E-state index contributed by atoms with van der Waals surface area (Å²) < 4.78 is 33.8. The fraction of sp³-hybridized carbons (Fsp3) is 0.152. The van der Waals surface area contributed by atoms with Crippen LogP contribution < -0.4 is 10.0 Å². The fourth-order valence-corrected chi connectivity index (χ4v) is 6.51. The number of para-hydroxylation sites is 1. The summed E-state index contributed by atoms with van der Waals surface area (Å²) in [6.07, 6.45) is 0.979. The molecule has 8 nitrogen and oxygen atoms in total. The number of aromatic amines is 1. The number of rotatable bonds is 8. The molecular weight excluding hydrogens is 550 g/mol. The van der Waals surface area contributed by atoms with Crippen LogP contribution in [-0.2, 0) is 26.0 Å². The zero-order chi connectivity index (χ0) is 29.3. The Labute approximate surface area is 243 Å². The van der Waals surface area contributed by atoms with Gasteiger partial charge in [-0.3, -0.25) is 4.79 Å². The van der Waals surface area contributed by atoms with Gasteiger partial charge < -0.3 is 15.0 Å². The summed E-state index contributed by atoms with van der Waals surface area (Å²) in [6, 6.07) is 28.5. The first-order valence-corrected chi connectivity index (χ1v) is 15.1. The standard InChI is InChI=1S/C33H29N3O5S/c1-21-14-16-23(17-15-21)42(39,40)36-32(37)31(18-22-19-34-30-13-7-6-8-24(22)30)35-33(38)41-20-29-27-11-4-2-9-25(27)26-10-3-5-12-28(26)29/h2-17,19,29,31,34H,18,20H2,1H3,(H,35,38)(H,36,37)/t31-/m1/s1. The molecule has 1 aliphatic rings. The monoisotopic (exact) mass is 579 g/mol. The molecule has 0 bridgehead atoms. The number of fused-ring (bicyclic) bond motifs is 4. The van der Waals surface area contributed by atoms with Crippen LogP contribution in [-0.4, -0.2) is 38.1 Å². The highest BCUT2D eigenvalue weighted by atomic mass is 32.2. The van der Waals surface area contributed by atoms with Gasteiger partial charge in [0.15, 0.2) is 0 Å². The van der Waals surface area contributed by atoms with Gasteiger partial charge in [-0.25, -0.2) is 17.9 Å². The number of aromatic nitrogens is 1. The second kappa shape index (κ2) is 11.2. The molecular formula is C33H29N3O5S. The van der Waals surface area contributed by atoms with E-state index in [1.165, 1.54) is 12.1 Å². The molecule has 0 saturated heterocycles. The number of alkyl carbamates (subject to hydrolysis) is 1. The Bertz CT molecular complexity index is 1850. The number of hydrogen-bond donors (Lipinski definition) is 3. The highest BCUT2D eigenvalue weighted by molar-refractivity contribution is 7.90. The number of aryl methyl sites for hydroxylation is 1. The molecule has 2 amide bonds. The van der Waals surface area contributed by atoms with Crippen LogP contribution in [0.4, 0.5) is 4.79 Å². The van der Waals surface area contributed by atoms with Gasteiger partial charge >= 0.3 is 6.09 Å². The molecule has 4 aromatic carbocycles. The number of sulfonamides is 1. The van der Waals surface area contributed by atoms with Crippen molar-refractivity contribution in [3.05, 3.63) is 126 Å². The third-order valence-corrected chi connectivity index (χ3v) is 8.98. The Kier molecular flexibility index (Phi) is 7.26. The van der Waals surface area contributed by atoms with Crippen molar-refractivity contribution in [1.82, 2.24) is 15.0 Å². The number of H-pyrrole nitrogens is 1. The SMILES string of the molecule is Cc1ccc(S(=O)(=O)NC(=O)[C@@H](Cc2c[nH]c3ccccc23)NC(=O)OCC2c3ccccc3-c3ccccc32)cc1. The van der Waals surface area contributed by atoms with E-state index in [1.807, 2.05) is 79.7 Å². The zero-order valence-corrected chi connectivity index (χ0v) is 23.6. The summed E-state index contributed by atoms with van der Waals surface area (Å²) in [5.74, 6) is -1.03. The molecule has 6 rings (SSSR count). The van der Waals surface area contributed by atoms with Crippen molar-refractivity contribution in [3.8, 4) is 11.1 Å². The molecule has 1 aliphatic carbocycles. The number of carbonyl (C=O) groups is 2. The van der Waals surface area contributed by atoms with Gasteiger partial charge in [-0.1, -0.05) is 84.4 Å². The summed E-state index contributed by atoms with van der Waals surface area (Å²) in [5, 5.41) is 3.49. The summed E-state index contributed by atoms with van der Waals surface area (Å²) in [4.78, 5) is 29.7. The second-order valence-electron chi connectivity index (χ2n) is 10.4. The molecule has 0 spiro atoms. The van der Waals surface area contributed by atoms with E-state index in [2.05, 4.69) is 15.0 Å². The Hall–Kier alpha value is -4.89. The highest BCUT2D eigenvalue weighted by Gasteiger charge is 2.31. The molecule has 0 aliphatic heterocycles. The van der Waals surface area contributed by atoms with Gasteiger partial charge in [-0.2, -0.15) is 0 Å². The van der Waals surface area contributed by atoms with Gasteiger partial charge in [-0.15, -0.1) is 0 Å². The molecule has 0 unspecified atom stereocenters. The predicted molar refractivity (Wildman–Crippen MR) is 161 cm³/mol. The summed E-state index contributed by atoms with van der Waals surface area (Å²) in [6.45, 7) is 1.90. The second-order valence-corrected chi connectivity index (χ2v) is 12.1. The molecule has 0 fully saturated rings. The van der Waals surface area contributed by atoms with Crippen LogP contribution in [0.3, 0.4) is 0 Å². The minimum Gasteiger partial charge on any atom is -0.449 e. The van der Waals surface area contributed by atoms with E-state index in [1.54, 1.807) is 18.3 Å². The van der Waals surface area contributed by atoms with Gasteiger partial charge in [0.25, 0.3) is 15.9 Å². The largest absolute Gasteiger partial charge is 0.449 e. The quantitative estimate of drug-likeness (QED) is 0.227. The van der Waals surface area contributed by atoms with E-state index in [-0.39, 0.29) is 23.8 Å². The van der Waals surface area contributed by atoms with Gasteiger partial charge in [0, 0.05) is 29.4 Å². The summed E-state index contributed by atoms with van der Waals surface area (Å²) in [7, 11) is -4.17. The van der Waals surface area contributed by atoms with Gasteiger partial charge in [0.05, 0.1) is 4.90 Å². The lowest BCUT2D eigenvalue weighted by atomic mass is 9.98. The summed E-state index contributed by atoms with van der Waals surface area (Å²) >= 11 is 0. The maximum absolute atomic E-state index is 13.4. The molecule has 1 aromatic heterocycles. The Morgan fingerprint density at radius 3 is 2.17 bits per heavy atom. The zero-order valence-electron chi connectivity index (χ0n) is 22.8. The Balaban J connectivity index is 1.22. The van der Waals surface area contributed by atoms with Crippen LogP contribution in [0.5, 0.6) is 0 Å². The van der Waals surface area contributed by atoms with E-state index in [4.69, 9.17) is 4.74 Å². The molecule has 1 heterocycles. The fourth-order valence-electron chi connectivity index (χ4n) is 5.49. The van der Waals surface area contributed by atoms with Crippen molar-refractivity contribution in [2.45, 2.75) is 30.2 Å². The maximum Gasteiger partial charge on any atom is 0.407 e. The van der Waals surface area contributed by atoms with Crippen LogP contribution in [0.15, 0.2) is 108 Å². The first-order chi connectivity index (χ1) is 20.3. The number of amides is 2. The van der Waals surface area contributed by atoms with Crippen molar-refractivity contribution in [2.75, 3.05) is 6.61 Å². The summed E-state index contributed by atoms with van der Waals surface area (Å²) in [5.41, 5.74) is 6.81. The Morgan fingerprint density at radius 2 is 1.48 bits per heavy atom. The van der Waals surface area contributed by atoms with Gasteiger partial charge in [0.2, 0.25) is 0 Å². The molecule has 0 radical (unpaired) electrons. The first-order valence-electron chi connectivity index (χ1n) is 13.6. The number of ether oxygens (including phenoxy) is 1. The van der Waals surface area contributed by atoms with Crippen LogP contribution >= 0.6 is 0 Å².